The first-order chi connectivity index (χ1) is 6.32. The van der Waals surface area contributed by atoms with Crippen LogP contribution in [0.25, 0.3) is 0 Å². The molecular weight excluding hydrogens is 284 g/mol. The summed E-state index contributed by atoms with van der Waals surface area (Å²) in [6.07, 6.45) is -3.47. The standard InChI is InChI=1S/C7H5BrClF3N2/c8-4-1-3(2-14-6(4)9)5(13)7(10,11)12/h1-2,5H,13H2/t5-/m0/s1. The zero-order valence-corrected chi connectivity index (χ0v) is 8.99. The van der Waals surface area contributed by atoms with Crippen molar-refractivity contribution in [2.75, 3.05) is 0 Å². The van der Waals surface area contributed by atoms with Crippen molar-refractivity contribution in [2.45, 2.75) is 12.2 Å². The third kappa shape index (κ3) is 2.59. The van der Waals surface area contributed by atoms with Gasteiger partial charge in [-0.15, -0.1) is 0 Å². The van der Waals surface area contributed by atoms with Gasteiger partial charge in [0.15, 0.2) is 0 Å². The Hall–Kier alpha value is -0.330. The van der Waals surface area contributed by atoms with Crippen LogP contribution in [0.3, 0.4) is 0 Å². The minimum atomic E-state index is -4.48. The van der Waals surface area contributed by atoms with Crippen LogP contribution in [-0.4, -0.2) is 11.2 Å². The number of halogens is 5. The second-order valence-electron chi connectivity index (χ2n) is 2.56. The van der Waals surface area contributed by atoms with E-state index in [0.29, 0.717) is 0 Å². The van der Waals surface area contributed by atoms with Gasteiger partial charge in [-0.2, -0.15) is 13.2 Å². The number of pyridine rings is 1. The summed E-state index contributed by atoms with van der Waals surface area (Å²) in [5.41, 5.74) is 4.83. The molecule has 0 aliphatic heterocycles. The van der Waals surface area contributed by atoms with Crippen LogP contribution in [0.1, 0.15) is 11.6 Å². The average molecular weight is 289 g/mol. The molecule has 2 N–H and O–H groups in total. The normalized spacial score (nSPS) is 14.1. The predicted octanol–water partition coefficient (Wildman–Crippen LogP) is 3.06. The van der Waals surface area contributed by atoms with E-state index in [2.05, 4.69) is 20.9 Å². The molecule has 1 rings (SSSR count). The van der Waals surface area contributed by atoms with Crippen molar-refractivity contribution in [3.63, 3.8) is 0 Å². The topological polar surface area (TPSA) is 38.9 Å². The van der Waals surface area contributed by atoms with Gasteiger partial charge in [-0.3, -0.25) is 0 Å². The highest BCUT2D eigenvalue weighted by molar-refractivity contribution is 9.10. The van der Waals surface area contributed by atoms with Crippen molar-refractivity contribution in [2.24, 2.45) is 5.73 Å². The molecule has 78 valence electrons. The summed E-state index contributed by atoms with van der Waals surface area (Å²) in [6.45, 7) is 0. The molecule has 0 unspecified atom stereocenters. The van der Waals surface area contributed by atoms with E-state index in [0.717, 1.165) is 6.20 Å². The smallest absolute Gasteiger partial charge is 0.316 e. The molecule has 1 atom stereocenters. The third-order valence-electron chi connectivity index (χ3n) is 1.53. The van der Waals surface area contributed by atoms with Crippen LogP contribution in [0.4, 0.5) is 13.2 Å². The van der Waals surface area contributed by atoms with Crippen LogP contribution in [-0.2, 0) is 0 Å². The molecule has 1 aromatic rings. The molecule has 1 heterocycles. The molecule has 0 amide bonds. The minimum absolute atomic E-state index is 0.100. The van der Waals surface area contributed by atoms with Gasteiger partial charge in [0.05, 0.1) is 4.47 Å². The predicted molar refractivity (Wildman–Crippen MR) is 49.9 cm³/mol. The first-order valence-corrected chi connectivity index (χ1v) is 4.62. The SMILES string of the molecule is N[C@@H](c1cnc(Cl)c(Br)c1)C(F)(F)F. The third-order valence-corrected chi connectivity index (χ3v) is 2.66. The summed E-state index contributed by atoms with van der Waals surface area (Å²) in [5, 5.41) is 0.100. The lowest BCUT2D eigenvalue weighted by atomic mass is 10.1. The molecule has 7 heteroatoms. The Bertz CT molecular complexity index is 342. The highest BCUT2D eigenvalue weighted by Gasteiger charge is 2.38. The fourth-order valence-corrected chi connectivity index (χ4v) is 1.27. The Morgan fingerprint density at radius 1 is 1.50 bits per heavy atom. The molecule has 0 saturated heterocycles. The zero-order valence-electron chi connectivity index (χ0n) is 6.65. The fourth-order valence-electron chi connectivity index (χ4n) is 0.795. The molecule has 14 heavy (non-hydrogen) atoms. The molecule has 1 aromatic heterocycles. The fraction of sp³-hybridized carbons (Fsp3) is 0.286. The van der Waals surface area contributed by atoms with Gasteiger partial charge in [0, 0.05) is 6.20 Å². The first-order valence-electron chi connectivity index (χ1n) is 3.45. The Morgan fingerprint density at radius 2 is 2.07 bits per heavy atom. The van der Waals surface area contributed by atoms with Crippen LogP contribution in [0.15, 0.2) is 16.7 Å². The molecule has 0 fully saturated rings. The van der Waals surface area contributed by atoms with Crippen LogP contribution >= 0.6 is 27.5 Å². The van der Waals surface area contributed by atoms with Gasteiger partial charge in [-0.25, -0.2) is 4.98 Å². The van der Waals surface area contributed by atoms with Crippen molar-refractivity contribution in [3.8, 4) is 0 Å². The minimum Gasteiger partial charge on any atom is -0.316 e. The molecule has 0 spiro atoms. The molecule has 2 nitrogen and oxygen atoms in total. The maximum absolute atomic E-state index is 12.2. The summed E-state index contributed by atoms with van der Waals surface area (Å²) < 4.78 is 36.8. The van der Waals surface area contributed by atoms with Gasteiger partial charge in [-0.05, 0) is 27.6 Å². The highest BCUT2D eigenvalue weighted by atomic mass is 79.9. The Morgan fingerprint density at radius 3 is 2.50 bits per heavy atom. The van der Waals surface area contributed by atoms with E-state index in [-0.39, 0.29) is 15.2 Å². The van der Waals surface area contributed by atoms with E-state index in [9.17, 15) is 13.2 Å². The number of aromatic nitrogens is 1. The van der Waals surface area contributed by atoms with Gasteiger partial charge in [0.25, 0.3) is 0 Å². The molecule has 0 saturated carbocycles. The number of hydrogen-bond acceptors (Lipinski definition) is 2. The number of hydrogen-bond donors (Lipinski definition) is 1. The summed E-state index contributed by atoms with van der Waals surface area (Å²) in [4.78, 5) is 3.55. The van der Waals surface area contributed by atoms with Crippen molar-refractivity contribution in [1.29, 1.82) is 0 Å². The molecular formula is C7H5BrClF3N2. The van der Waals surface area contributed by atoms with Gasteiger partial charge < -0.3 is 5.73 Å². The van der Waals surface area contributed by atoms with Crippen LogP contribution in [0.5, 0.6) is 0 Å². The lowest BCUT2D eigenvalue weighted by Gasteiger charge is -2.15. The van der Waals surface area contributed by atoms with Gasteiger partial charge >= 0.3 is 6.18 Å². The Balaban J connectivity index is 3.03. The van der Waals surface area contributed by atoms with E-state index < -0.39 is 12.2 Å². The van der Waals surface area contributed by atoms with Crippen molar-refractivity contribution in [3.05, 3.63) is 27.5 Å². The number of alkyl halides is 3. The van der Waals surface area contributed by atoms with E-state index in [4.69, 9.17) is 17.3 Å². The Labute approximate surface area is 91.4 Å². The van der Waals surface area contributed by atoms with E-state index >= 15 is 0 Å². The van der Waals surface area contributed by atoms with Gasteiger partial charge in [0.2, 0.25) is 0 Å². The van der Waals surface area contributed by atoms with Crippen LogP contribution in [0.2, 0.25) is 5.15 Å². The zero-order chi connectivity index (χ0) is 10.9. The summed E-state index contributed by atoms with van der Waals surface area (Å²) in [6, 6.07) is -0.836. The second-order valence-corrected chi connectivity index (χ2v) is 3.77. The monoisotopic (exact) mass is 288 g/mol. The average Bonchev–Trinajstić information content (AvgIpc) is 2.07. The van der Waals surface area contributed by atoms with Crippen molar-refractivity contribution >= 4 is 27.5 Å². The summed E-state index contributed by atoms with van der Waals surface area (Å²) >= 11 is 8.48. The number of nitrogens with zero attached hydrogens (tertiary/aromatic N) is 1. The number of rotatable bonds is 1. The molecule has 0 aliphatic rings. The Kier molecular flexibility index (Phi) is 3.39. The maximum atomic E-state index is 12.2. The lowest BCUT2D eigenvalue weighted by Crippen LogP contribution is -2.28. The highest BCUT2D eigenvalue weighted by Crippen LogP contribution is 2.32. The largest absolute Gasteiger partial charge is 0.407 e. The lowest BCUT2D eigenvalue weighted by molar-refractivity contribution is -0.149. The second kappa shape index (κ2) is 4.04. The number of nitrogens with two attached hydrogens (primary N) is 1. The van der Waals surface area contributed by atoms with E-state index in [1.54, 1.807) is 0 Å². The summed E-state index contributed by atoms with van der Waals surface area (Å²) in [7, 11) is 0. The van der Waals surface area contributed by atoms with Crippen molar-refractivity contribution in [1.82, 2.24) is 4.98 Å². The maximum Gasteiger partial charge on any atom is 0.407 e. The van der Waals surface area contributed by atoms with Crippen LogP contribution in [0, 0.1) is 0 Å². The van der Waals surface area contributed by atoms with Gasteiger partial charge in [0.1, 0.15) is 11.2 Å². The van der Waals surface area contributed by atoms with Gasteiger partial charge in [-0.1, -0.05) is 11.6 Å². The first kappa shape index (κ1) is 11.7. The molecule has 0 radical (unpaired) electrons. The molecule has 0 bridgehead atoms. The quantitative estimate of drug-likeness (QED) is 0.807. The molecule has 0 aliphatic carbocycles. The van der Waals surface area contributed by atoms with E-state index in [1.165, 1.54) is 6.07 Å². The van der Waals surface area contributed by atoms with Crippen molar-refractivity contribution < 1.29 is 13.2 Å². The summed E-state index contributed by atoms with van der Waals surface area (Å²) in [5.74, 6) is 0. The molecule has 0 aromatic carbocycles. The van der Waals surface area contributed by atoms with Crippen LogP contribution < -0.4 is 5.73 Å². The van der Waals surface area contributed by atoms with E-state index in [1.807, 2.05) is 0 Å².